The number of imide groups is 2. The average molecular weight is 392 g/mol. The Morgan fingerprint density at radius 1 is 1.10 bits per heavy atom. The van der Waals surface area contributed by atoms with Crippen molar-refractivity contribution >= 4 is 29.6 Å². The minimum absolute atomic E-state index is 0.112. The number of ether oxygens (including phenoxy) is 2. The molecule has 0 bridgehead atoms. The van der Waals surface area contributed by atoms with Gasteiger partial charge in [0, 0.05) is 6.42 Å². The first kappa shape index (κ1) is 18.7. The summed E-state index contributed by atoms with van der Waals surface area (Å²) in [5.41, 5.74) is 1.64. The van der Waals surface area contributed by atoms with Crippen LogP contribution in [0.25, 0.3) is 6.08 Å². The summed E-state index contributed by atoms with van der Waals surface area (Å²) in [6.45, 7) is 4.00. The molecular weight excluding hydrogens is 372 g/mol. The standard InChI is InChI=1S/C22H20N2O5/c1-22(2)12-14-10-13(4-9-18(14)29-22)11-17-19(25)23-21(27)24(20(17)26)15-5-7-16(28-3)8-6-15/h4-11H,12H2,1-3H3,(H,23,25,27)/b17-11+. The molecule has 29 heavy (non-hydrogen) atoms. The topological polar surface area (TPSA) is 84.9 Å². The second-order valence-corrected chi connectivity index (χ2v) is 7.56. The predicted octanol–water partition coefficient (Wildman–Crippen LogP) is 3.08. The predicted molar refractivity (Wildman–Crippen MR) is 107 cm³/mol. The van der Waals surface area contributed by atoms with E-state index >= 15 is 0 Å². The monoisotopic (exact) mass is 392 g/mol. The molecule has 1 saturated heterocycles. The lowest BCUT2D eigenvalue weighted by Gasteiger charge is -2.26. The Hall–Kier alpha value is -3.61. The Labute approximate surface area is 167 Å². The van der Waals surface area contributed by atoms with Gasteiger partial charge in [0.1, 0.15) is 22.7 Å². The molecule has 2 aliphatic heterocycles. The van der Waals surface area contributed by atoms with E-state index < -0.39 is 17.8 Å². The van der Waals surface area contributed by atoms with Gasteiger partial charge in [-0.15, -0.1) is 0 Å². The van der Waals surface area contributed by atoms with Crippen LogP contribution in [-0.2, 0) is 16.0 Å². The minimum Gasteiger partial charge on any atom is -0.497 e. The van der Waals surface area contributed by atoms with Gasteiger partial charge in [0.15, 0.2) is 0 Å². The van der Waals surface area contributed by atoms with Gasteiger partial charge in [-0.3, -0.25) is 14.9 Å². The maximum atomic E-state index is 13.0. The Kier molecular flexibility index (Phi) is 4.38. The summed E-state index contributed by atoms with van der Waals surface area (Å²) in [6.07, 6.45) is 2.22. The Morgan fingerprint density at radius 3 is 2.52 bits per heavy atom. The molecule has 0 spiro atoms. The van der Waals surface area contributed by atoms with E-state index in [0.717, 1.165) is 22.6 Å². The maximum absolute atomic E-state index is 13.0. The number of amides is 4. The lowest BCUT2D eigenvalue weighted by atomic mass is 9.99. The number of hydrogen-bond donors (Lipinski definition) is 1. The van der Waals surface area contributed by atoms with Crippen molar-refractivity contribution in [3.63, 3.8) is 0 Å². The number of fused-ring (bicyclic) bond motifs is 1. The van der Waals surface area contributed by atoms with Crippen LogP contribution in [0.2, 0.25) is 0 Å². The van der Waals surface area contributed by atoms with Gasteiger partial charge < -0.3 is 9.47 Å². The minimum atomic E-state index is -0.786. The lowest BCUT2D eigenvalue weighted by molar-refractivity contribution is -0.122. The lowest BCUT2D eigenvalue weighted by Crippen LogP contribution is -2.54. The van der Waals surface area contributed by atoms with Crippen molar-refractivity contribution in [1.29, 1.82) is 0 Å². The quantitative estimate of drug-likeness (QED) is 0.641. The van der Waals surface area contributed by atoms with Gasteiger partial charge in [0.05, 0.1) is 12.8 Å². The van der Waals surface area contributed by atoms with Crippen LogP contribution in [0.1, 0.15) is 25.0 Å². The van der Waals surface area contributed by atoms with Crippen LogP contribution in [0.5, 0.6) is 11.5 Å². The van der Waals surface area contributed by atoms with Crippen molar-refractivity contribution in [1.82, 2.24) is 5.32 Å². The van der Waals surface area contributed by atoms with Gasteiger partial charge in [0.25, 0.3) is 11.8 Å². The van der Waals surface area contributed by atoms with E-state index in [1.807, 2.05) is 26.0 Å². The summed E-state index contributed by atoms with van der Waals surface area (Å²) >= 11 is 0. The van der Waals surface area contributed by atoms with Crippen LogP contribution in [0, 0.1) is 0 Å². The number of hydrogen-bond acceptors (Lipinski definition) is 5. The van der Waals surface area contributed by atoms with E-state index in [0.29, 0.717) is 17.0 Å². The third-order valence-corrected chi connectivity index (χ3v) is 4.83. The fourth-order valence-electron chi connectivity index (χ4n) is 3.51. The van der Waals surface area contributed by atoms with Crippen molar-refractivity contribution in [2.45, 2.75) is 25.9 Å². The van der Waals surface area contributed by atoms with Crippen molar-refractivity contribution in [2.24, 2.45) is 0 Å². The molecule has 2 heterocycles. The zero-order chi connectivity index (χ0) is 20.8. The number of benzene rings is 2. The number of rotatable bonds is 3. The van der Waals surface area contributed by atoms with Crippen LogP contribution < -0.4 is 19.7 Å². The summed E-state index contributed by atoms with van der Waals surface area (Å²) in [7, 11) is 1.52. The molecule has 1 fully saturated rings. The molecule has 7 heteroatoms. The number of urea groups is 1. The van der Waals surface area contributed by atoms with Crippen molar-refractivity contribution in [3.05, 3.63) is 59.2 Å². The Balaban J connectivity index is 1.67. The Morgan fingerprint density at radius 2 is 1.83 bits per heavy atom. The third kappa shape index (κ3) is 3.47. The molecule has 1 N–H and O–H groups in total. The molecule has 4 rings (SSSR count). The SMILES string of the molecule is COc1ccc(N2C(=O)NC(=O)/C(=C\c3ccc4c(c3)CC(C)(C)O4)C2=O)cc1. The van der Waals surface area contributed by atoms with Crippen molar-refractivity contribution in [3.8, 4) is 11.5 Å². The second-order valence-electron chi connectivity index (χ2n) is 7.56. The molecule has 2 aromatic carbocycles. The molecule has 4 amide bonds. The maximum Gasteiger partial charge on any atom is 0.335 e. The largest absolute Gasteiger partial charge is 0.497 e. The van der Waals surface area contributed by atoms with Crippen LogP contribution in [0.3, 0.4) is 0 Å². The highest BCUT2D eigenvalue weighted by Gasteiger charge is 2.37. The number of methoxy groups -OCH3 is 1. The van der Waals surface area contributed by atoms with Gasteiger partial charge in [-0.1, -0.05) is 6.07 Å². The number of nitrogens with zero attached hydrogens (tertiary/aromatic N) is 1. The van der Waals surface area contributed by atoms with Gasteiger partial charge in [0.2, 0.25) is 0 Å². The number of barbiturate groups is 1. The number of anilines is 1. The fraction of sp³-hybridized carbons (Fsp3) is 0.227. The molecule has 0 aromatic heterocycles. The molecule has 0 aliphatic carbocycles. The molecule has 2 aromatic rings. The van der Waals surface area contributed by atoms with Gasteiger partial charge in [-0.05, 0) is 67.4 Å². The number of carbonyl (C=O) groups is 3. The highest BCUT2D eigenvalue weighted by molar-refractivity contribution is 6.39. The number of carbonyl (C=O) groups excluding carboxylic acids is 3. The number of nitrogens with one attached hydrogen (secondary N) is 1. The summed E-state index contributed by atoms with van der Waals surface area (Å²) in [4.78, 5) is 38.5. The van der Waals surface area contributed by atoms with Crippen LogP contribution in [0.15, 0.2) is 48.0 Å². The van der Waals surface area contributed by atoms with E-state index in [2.05, 4.69) is 5.32 Å². The van der Waals surface area contributed by atoms with E-state index in [-0.39, 0.29) is 11.2 Å². The summed E-state index contributed by atoms with van der Waals surface area (Å²) < 4.78 is 11.0. The first-order chi connectivity index (χ1) is 13.8. The zero-order valence-corrected chi connectivity index (χ0v) is 16.3. The molecule has 148 valence electrons. The highest BCUT2D eigenvalue weighted by Crippen LogP contribution is 2.35. The van der Waals surface area contributed by atoms with E-state index in [1.54, 1.807) is 30.3 Å². The summed E-state index contributed by atoms with van der Waals surface area (Å²) in [5.74, 6) is -0.0109. The molecule has 0 atom stereocenters. The Bertz CT molecular complexity index is 1050. The van der Waals surface area contributed by atoms with Gasteiger partial charge in [-0.2, -0.15) is 0 Å². The molecule has 0 saturated carbocycles. The first-order valence-electron chi connectivity index (χ1n) is 9.15. The smallest absolute Gasteiger partial charge is 0.335 e. The van der Waals surface area contributed by atoms with Crippen LogP contribution >= 0.6 is 0 Å². The van der Waals surface area contributed by atoms with Gasteiger partial charge >= 0.3 is 6.03 Å². The molecular formula is C22H20N2O5. The van der Waals surface area contributed by atoms with Crippen LogP contribution in [0.4, 0.5) is 10.5 Å². The molecule has 2 aliphatic rings. The van der Waals surface area contributed by atoms with E-state index in [1.165, 1.54) is 13.2 Å². The molecule has 7 nitrogen and oxygen atoms in total. The normalized spacial score (nSPS) is 19.1. The molecule has 0 radical (unpaired) electrons. The summed E-state index contributed by atoms with van der Waals surface area (Å²) in [5, 5.41) is 2.23. The van der Waals surface area contributed by atoms with E-state index in [9.17, 15) is 14.4 Å². The van der Waals surface area contributed by atoms with Crippen molar-refractivity contribution in [2.75, 3.05) is 12.0 Å². The van der Waals surface area contributed by atoms with Gasteiger partial charge in [-0.25, -0.2) is 9.69 Å². The zero-order valence-electron chi connectivity index (χ0n) is 16.3. The van der Waals surface area contributed by atoms with E-state index in [4.69, 9.17) is 9.47 Å². The summed E-state index contributed by atoms with van der Waals surface area (Å²) in [6, 6.07) is 11.2. The average Bonchev–Trinajstić information content (AvgIpc) is 2.98. The third-order valence-electron chi connectivity index (χ3n) is 4.83. The molecule has 0 unspecified atom stereocenters. The second kappa shape index (κ2) is 6.77. The van der Waals surface area contributed by atoms with Crippen LogP contribution in [-0.4, -0.2) is 30.6 Å². The van der Waals surface area contributed by atoms with Crippen molar-refractivity contribution < 1.29 is 23.9 Å². The fourth-order valence-corrected chi connectivity index (χ4v) is 3.51. The first-order valence-corrected chi connectivity index (χ1v) is 9.15. The highest BCUT2D eigenvalue weighted by atomic mass is 16.5.